The summed E-state index contributed by atoms with van der Waals surface area (Å²) in [6.45, 7) is 5.71. The van der Waals surface area contributed by atoms with Crippen molar-refractivity contribution in [3.8, 4) is 0 Å². The van der Waals surface area contributed by atoms with E-state index in [2.05, 4.69) is 25.7 Å². The second kappa shape index (κ2) is 18.7. The first-order valence-electron chi connectivity index (χ1n) is 16.1. The lowest BCUT2D eigenvalue weighted by Crippen LogP contribution is -2.53. The second-order valence-corrected chi connectivity index (χ2v) is 14.4. The largest absolute Gasteiger partial charge is 0.444 e. The molecule has 2 aromatic carbocycles. The van der Waals surface area contributed by atoms with Crippen molar-refractivity contribution in [3.63, 3.8) is 0 Å². The van der Waals surface area contributed by atoms with Crippen LogP contribution in [0.25, 0.3) is 0 Å². The van der Waals surface area contributed by atoms with Gasteiger partial charge in [0.15, 0.2) is 0 Å². The number of nitrogens with two attached hydrogens (primary N) is 1. The van der Waals surface area contributed by atoms with E-state index in [1.165, 1.54) is 0 Å². The number of aromatic nitrogens is 1. The number of unbranched alkanes of at least 4 members (excludes halogenated alkanes) is 1. The molecule has 1 heterocycles. The number of carbonyl (C=O) groups excluding carboxylic acids is 3. The molecular weight excluding hydrogens is 646 g/mol. The minimum atomic E-state index is -3.95. The SMILES string of the molecule is CC(C)(C)OC(=O)NCCCCC(NS(=O)(=O)Cc1ccccc1)C(=O)NC(CCc1ccncc1)C(=O)NCc1ccc(C(=N)N)cc1. The first-order valence-corrected chi connectivity index (χ1v) is 17.8. The summed E-state index contributed by atoms with van der Waals surface area (Å²) in [6, 6.07) is 17.0. The number of aryl methyl sites for hydroxylation is 1. The monoisotopic (exact) mass is 693 g/mol. The predicted octanol–water partition coefficient (Wildman–Crippen LogP) is 3.28. The van der Waals surface area contributed by atoms with E-state index in [-0.39, 0.29) is 37.5 Å². The fraction of sp³-hybridized carbons (Fsp3) is 0.400. The lowest BCUT2D eigenvalue weighted by molar-refractivity contribution is -0.130. The van der Waals surface area contributed by atoms with Crippen LogP contribution in [-0.2, 0) is 43.1 Å². The number of nitrogen functional groups attached to an aromatic ring is 1. The molecule has 2 unspecified atom stereocenters. The summed E-state index contributed by atoms with van der Waals surface area (Å²) in [6.07, 6.45) is 4.39. The third-order valence-electron chi connectivity index (χ3n) is 7.26. The molecule has 0 fully saturated rings. The van der Waals surface area contributed by atoms with E-state index in [4.69, 9.17) is 15.9 Å². The molecule has 0 aliphatic heterocycles. The lowest BCUT2D eigenvalue weighted by Gasteiger charge is -2.23. The van der Waals surface area contributed by atoms with Gasteiger partial charge in [0.1, 0.15) is 23.5 Å². The maximum absolute atomic E-state index is 13.8. The average Bonchev–Trinajstić information content (AvgIpc) is 3.04. The van der Waals surface area contributed by atoms with Gasteiger partial charge in [0, 0.05) is 31.0 Å². The second-order valence-electron chi connectivity index (χ2n) is 12.6. The van der Waals surface area contributed by atoms with Crippen LogP contribution in [-0.4, -0.2) is 61.4 Å². The number of nitrogens with one attached hydrogen (secondary N) is 5. The molecule has 3 rings (SSSR count). The fourth-order valence-corrected chi connectivity index (χ4v) is 6.16. The Morgan fingerprint density at radius 1 is 0.837 bits per heavy atom. The van der Waals surface area contributed by atoms with Crippen LogP contribution in [0.5, 0.6) is 0 Å². The van der Waals surface area contributed by atoms with Crippen molar-refractivity contribution in [1.29, 1.82) is 5.41 Å². The third-order valence-corrected chi connectivity index (χ3v) is 8.62. The molecule has 14 heteroatoms. The molecule has 7 N–H and O–H groups in total. The van der Waals surface area contributed by atoms with Gasteiger partial charge >= 0.3 is 6.09 Å². The van der Waals surface area contributed by atoms with Gasteiger partial charge in [0.25, 0.3) is 0 Å². The van der Waals surface area contributed by atoms with E-state index >= 15 is 0 Å². The molecule has 0 saturated heterocycles. The molecule has 3 aromatic rings. The maximum Gasteiger partial charge on any atom is 0.407 e. The number of amidine groups is 1. The highest BCUT2D eigenvalue weighted by atomic mass is 32.2. The van der Waals surface area contributed by atoms with Gasteiger partial charge in [-0.2, -0.15) is 0 Å². The molecule has 1 aromatic heterocycles. The van der Waals surface area contributed by atoms with Crippen molar-refractivity contribution >= 4 is 33.8 Å². The highest BCUT2D eigenvalue weighted by molar-refractivity contribution is 7.88. The molecule has 0 spiro atoms. The Kier molecular flexibility index (Phi) is 14.7. The number of sulfonamides is 1. The van der Waals surface area contributed by atoms with Gasteiger partial charge in [-0.25, -0.2) is 17.9 Å². The van der Waals surface area contributed by atoms with Crippen molar-refractivity contribution in [3.05, 3.63) is 101 Å². The maximum atomic E-state index is 13.8. The number of amides is 3. The molecule has 13 nitrogen and oxygen atoms in total. The number of carbonyl (C=O) groups is 3. The van der Waals surface area contributed by atoms with Gasteiger partial charge in [-0.05, 0) is 81.7 Å². The summed E-state index contributed by atoms with van der Waals surface area (Å²) in [4.78, 5) is 43.3. The van der Waals surface area contributed by atoms with E-state index in [1.807, 2.05) is 12.1 Å². The van der Waals surface area contributed by atoms with Crippen molar-refractivity contribution in [2.45, 2.75) is 82.9 Å². The Hall–Kier alpha value is -4.82. The summed E-state index contributed by atoms with van der Waals surface area (Å²) in [5, 5.41) is 15.9. The lowest BCUT2D eigenvalue weighted by atomic mass is 10.0. The standard InChI is InChI=1S/C35H47N7O6S/c1-35(2,3)48-34(45)39-20-8-7-11-30(42-49(46,47)24-27-9-5-4-6-10-27)33(44)41-29(17-14-25-18-21-38-22-19-25)32(43)40-23-26-12-15-28(16-13-26)31(36)37/h4-6,9-10,12-13,15-16,18-19,21-22,29-30,42H,7-8,11,14,17,20,23-24H2,1-3H3,(H3,36,37)(H,39,45)(H,40,43)(H,41,44). The zero-order valence-electron chi connectivity index (χ0n) is 28.2. The van der Waals surface area contributed by atoms with Gasteiger partial charge in [-0.15, -0.1) is 0 Å². The molecule has 0 saturated carbocycles. The first-order chi connectivity index (χ1) is 23.2. The molecule has 0 bridgehead atoms. The Labute approximate surface area is 288 Å². The van der Waals surface area contributed by atoms with Crippen LogP contribution in [0.15, 0.2) is 79.1 Å². The van der Waals surface area contributed by atoms with Gasteiger partial charge in [0.05, 0.1) is 5.75 Å². The average molecular weight is 694 g/mol. The first kappa shape index (κ1) is 38.6. The summed E-state index contributed by atoms with van der Waals surface area (Å²) < 4.78 is 34.2. The fourth-order valence-electron chi connectivity index (χ4n) is 4.79. The number of rotatable bonds is 18. The topological polar surface area (TPSA) is 205 Å². The van der Waals surface area contributed by atoms with Gasteiger partial charge in [0.2, 0.25) is 21.8 Å². The number of benzene rings is 2. The van der Waals surface area contributed by atoms with E-state index < -0.39 is 45.6 Å². The van der Waals surface area contributed by atoms with Crippen molar-refractivity contribution in [1.82, 2.24) is 25.7 Å². The van der Waals surface area contributed by atoms with Crippen LogP contribution < -0.4 is 26.4 Å². The minimum Gasteiger partial charge on any atom is -0.444 e. The zero-order valence-corrected chi connectivity index (χ0v) is 29.0. The summed E-state index contributed by atoms with van der Waals surface area (Å²) >= 11 is 0. The van der Waals surface area contributed by atoms with Crippen LogP contribution in [0.1, 0.15) is 68.7 Å². The Morgan fingerprint density at radius 2 is 1.51 bits per heavy atom. The summed E-state index contributed by atoms with van der Waals surface area (Å²) in [7, 11) is -3.95. The van der Waals surface area contributed by atoms with Crippen LogP contribution in [0.2, 0.25) is 0 Å². The quantitative estimate of drug-likeness (QED) is 0.0661. The summed E-state index contributed by atoms with van der Waals surface area (Å²) in [5.74, 6) is -1.47. The van der Waals surface area contributed by atoms with Crippen molar-refractivity contribution in [2.75, 3.05) is 6.54 Å². The predicted molar refractivity (Wildman–Crippen MR) is 188 cm³/mol. The molecule has 49 heavy (non-hydrogen) atoms. The molecule has 3 amide bonds. The number of pyridine rings is 1. The molecule has 0 aliphatic rings. The highest BCUT2D eigenvalue weighted by Crippen LogP contribution is 2.12. The van der Waals surface area contributed by atoms with E-state index in [1.54, 1.807) is 87.8 Å². The minimum absolute atomic E-state index is 0.0669. The van der Waals surface area contributed by atoms with Crippen LogP contribution in [0, 0.1) is 5.41 Å². The smallest absolute Gasteiger partial charge is 0.407 e. The Bertz CT molecular complexity index is 1630. The van der Waals surface area contributed by atoms with E-state index in [0.717, 1.165) is 11.1 Å². The summed E-state index contributed by atoms with van der Waals surface area (Å²) in [5.41, 5.74) is 7.68. The Balaban J connectivity index is 1.72. The van der Waals surface area contributed by atoms with Gasteiger partial charge in [-0.3, -0.25) is 20.0 Å². The number of hydrogen-bond acceptors (Lipinski definition) is 8. The van der Waals surface area contributed by atoms with Crippen LogP contribution in [0.3, 0.4) is 0 Å². The normalized spacial score (nSPS) is 12.7. The van der Waals surface area contributed by atoms with Gasteiger partial charge in [-0.1, -0.05) is 54.6 Å². The van der Waals surface area contributed by atoms with Crippen molar-refractivity contribution in [2.24, 2.45) is 5.73 Å². The van der Waals surface area contributed by atoms with E-state index in [9.17, 15) is 22.8 Å². The van der Waals surface area contributed by atoms with Crippen LogP contribution in [0.4, 0.5) is 4.79 Å². The molecule has 0 radical (unpaired) electrons. The third kappa shape index (κ3) is 14.9. The number of ether oxygens (including phenoxy) is 1. The van der Waals surface area contributed by atoms with Crippen molar-refractivity contribution < 1.29 is 27.5 Å². The van der Waals surface area contributed by atoms with E-state index in [0.29, 0.717) is 30.4 Å². The number of hydrogen-bond donors (Lipinski definition) is 6. The molecule has 264 valence electrons. The Morgan fingerprint density at radius 3 is 2.14 bits per heavy atom. The number of alkyl carbamates (subject to hydrolysis) is 1. The van der Waals surface area contributed by atoms with Crippen LogP contribution >= 0.6 is 0 Å². The molecule has 0 aliphatic carbocycles. The van der Waals surface area contributed by atoms with Gasteiger partial charge < -0.3 is 26.4 Å². The number of nitrogens with zero attached hydrogens (tertiary/aromatic N) is 1. The molecule has 2 atom stereocenters. The molecular formula is C35H47N7O6S. The zero-order chi connectivity index (χ0) is 35.9. The highest BCUT2D eigenvalue weighted by Gasteiger charge is 2.29.